The smallest absolute Gasteiger partial charge is 0.191 e. The highest BCUT2D eigenvalue weighted by atomic mass is 127. The highest BCUT2D eigenvalue weighted by molar-refractivity contribution is 14.0. The zero-order valence-electron chi connectivity index (χ0n) is 15.8. The normalized spacial score (nSPS) is 16.0. The molecule has 2 N–H and O–H groups in total. The first-order valence-electron chi connectivity index (χ1n) is 8.99. The molecule has 0 bridgehead atoms. The average Bonchev–Trinajstić information content (AvgIpc) is 2.63. The number of likely N-dealkylation sites (tertiary alicyclic amines) is 1. The summed E-state index contributed by atoms with van der Waals surface area (Å²) in [5, 5.41) is 6.76. The van der Waals surface area contributed by atoms with Crippen molar-refractivity contribution in [1.29, 1.82) is 0 Å². The molecule has 0 saturated carbocycles. The Hall–Kier alpha value is -1.02. The maximum Gasteiger partial charge on any atom is 0.191 e. The number of rotatable bonds is 7. The van der Waals surface area contributed by atoms with Crippen molar-refractivity contribution in [1.82, 2.24) is 15.5 Å². The molecule has 2 rings (SSSR count). The molecule has 0 amide bonds. The lowest BCUT2D eigenvalue weighted by atomic mass is 9.98. The minimum atomic E-state index is 0. The highest BCUT2D eigenvalue weighted by Crippen LogP contribution is 2.19. The third kappa shape index (κ3) is 7.81. The van der Waals surface area contributed by atoms with Crippen LogP contribution in [0, 0.1) is 0 Å². The Labute approximate surface area is 169 Å². The molecule has 0 unspecified atom stereocenters. The molecule has 0 aromatic heterocycles. The van der Waals surface area contributed by atoms with Gasteiger partial charge in [0.1, 0.15) is 12.4 Å². The van der Waals surface area contributed by atoms with Gasteiger partial charge in [-0.3, -0.25) is 9.89 Å². The number of ether oxygens (including phenoxy) is 1. The summed E-state index contributed by atoms with van der Waals surface area (Å²) in [6.07, 6.45) is 3.99. The van der Waals surface area contributed by atoms with Crippen molar-refractivity contribution in [3.8, 4) is 5.75 Å². The maximum atomic E-state index is 5.69. The minimum Gasteiger partial charge on any atom is -0.492 e. The Morgan fingerprint density at radius 1 is 1.12 bits per heavy atom. The highest BCUT2D eigenvalue weighted by Gasteiger charge is 2.27. The van der Waals surface area contributed by atoms with Crippen molar-refractivity contribution in [3.05, 3.63) is 30.3 Å². The number of piperidine rings is 1. The molecule has 5 nitrogen and oxygen atoms in total. The summed E-state index contributed by atoms with van der Waals surface area (Å²) in [4.78, 5) is 6.88. The van der Waals surface area contributed by atoms with E-state index in [-0.39, 0.29) is 29.5 Å². The van der Waals surface area contributed by atoms with Crippen molar-refractivity contribution in [2.24, 2.45) is 4.99 Å². The summed E-state index contributed by atoms with van der Waals surface area (Å²) in [7, 11) is 1.81. The van der Waals surface area contributed by atoms with Crippen LogP contribution in [0.25, 0.3) is 0 Å². The van der Waals surface area contributed by atoms with E-state index in [4.69, 9.17) is 4.74 Å². The Balaban J connectivity index is 0.00000312. The van der Waals surface area contributed by atoms with E-state index in [2.05, 4.69) is 34.4 Å². The zero-order valence-corrected chi connectivity index (χ0v) is 18.1. The van der Waals surface area contributed by atoms with E-state index in [0.717, 1.165) is 24.8 Å². The van der Waals surface area contributed by atoms with Crippen LogP contribution < -0.4 is 15.4 Å². The van der Waals surface area contributed by atoms with Crippen LogP contribution in [0.1, 0.15) is 33.1 Å². The molecule has 0 aliphatic carbocycles. The largest absolute Gasteiger partial charge is 0.492 e. The third-order valence-corrected chi connectivity index (χ3v) is 4.53. The molecule has 1 aromatic rings. The van der Waals surface area contributed by atoms with Crippen LogP contribution >= 0.6 is 24.0 Å². The minimum absolute atomic E-state index is 0. The topological polar surface area (TPSA) is 48.9 Å². The number of nitrogens with one attached hydrogen (secondary N) is 2. The predicted molar refractivity (Wildman–Crippen MR) is 116 cm³/mol. The molecule has 1 heterocycles. The Kier molecular flexibility index (Phi) is 10.2. The SMILES string of the molecule is CN=C(NCCOc1ccccc1)NCC(C)(C)N1CCCCC1.I. The first kappa shape index (κ1) is 22.0. The molecule has 0 spiro atoms. The molecule has 25 heavy (non-hydrogen) atoms. The number of para-hydroxylation sites is 1. The molecule has 1 saturated heterocycles. The Morgan fingerprint density at radius 2 is 1.80 bits per heavy atom. The average molecular weight is 460 g/mol. The monoisotopic (exact) mass is 460 g/mol. The van der Waals surface area contributed by atoms with Crippen LogP contribution in [-0.2, 0) is 0 Å². The molecule has 1 aromatic carbocycles. The zero-order chi connectivity index (χ0) is 17.3. The van der Waals surface area contributed by atoms with E-state index < -0.39 is 0 Å². The number of benzene rings is 1. The second kappa shape index (κ2) is 11.6. The summed E-state index contributed by atoms with van der Waals surface area (Å²) >= 11 is 0. The van der Waals surface area contributed by atoms with Gasteiger partial charge in [0.25, 0.3) is 0 Å². The van der Waals surface area contributed by atoms with Crippen LogP contribution in [0.3, 0.4) is 0 Å². The number of halogens is 1. The standard InChI is InChI=1S/C19H32N4O.HI/c1-19(2,23-13-8-5-9-14-23)16-22-18(20-3)21-12-15-24-17-10-6-4-7-11-17;/h4,6-7,10-11H,5,8-9,12-16H2,1-3H3,(H2,20,21,22);1H. The molecule has 1 aliphatic rings. The molecule has 1 fully saturated rings. The van der Waals surface area contributed by atoms with E-state index in [1.807, 2.05) is 30.3 Å². The van der Waals surface area contributed by atoms with Gasteiger partial charge in [0.2, 0.25) is 0 Å². The fourth-order valence-corrected chi connectivity index (χ4v) is 2.99. The van der Waals surface area contributed by atoms with Gasteiger partial charge in [0, 0.05) is 19.1 Å². The molecule has 6 heteroatoms. The maximum absolute atomic E-state index is 5.69. The van der Waals surface area contributed by atoms with Crippen molar-refractivity contribution in [2.75, 3.05) is 39.8 Å². The van der Waals surface area contributed by atoms with Gasteiger partial charge < -0.3 is 15.4 Å². The lowest BCUT2D eigenvalue weighted by molar-refractivity contribution is 0.0982. The number of guanidine groups is 1. The summed E-state index contributed by atoms with van der Waals surface area (Å²) in [5.41, 5.74) is 0.137. The summed E-state index contributed by atoms with van der Waals surface area (Å²) in [6.45, 7) is 9.22. The van der Waals surface area contributed by atoms with Gasteiger partial charge >= 0.3 is 0 Å². The van der Waals surface area contributed by atoms with Crippen LogP contribution in [0.4, 0.5) is 0 Å². The Morgan fingerprint density at radius 3 is 2.44 bits per heavy atom. The molecular weight excluding hydrogens is 427 g/mol. The Bertz CT molecular complexity index is 501. The van der Waals surface area contributed by atoms with E-state index >= 15 is 0 Å². The van der Waals surface area contributed by atoms with E-state index in [9.17, 15) is 0 Å². The molecule has 0 radical (unpaired) electrons. The quantitative estimate of drug-likeness (QED) is 0.284. The second-order valence-corrected chi connectivity index (χ2v) is 6.87. The number of hydrogen-bond acceptors (Lipinski definition) is 3. The number of aliphatic imine (C=N–C) groups is 1. The van der Waals surface area contributed by atoms with Crippen LogP contribution in [0.15, 0.2) is 35.3 Å². The lowest BCUT2D eigenvalue weighted by Crippen LogP contribution is -2.55. The van der Waals surface area contributed by atoms with Gasteiger partial charge in [0.15, 0.2) is 5.96 Å². The second-order valence-electron chi connectivity index (χ2n) is 6.87. The summed E-state index contributed by atoms with van der Waals surface area (Å²) < 4.78 is 5.69. The molecular formula is C19H33IN4O. The summed E-state index contributed by atoms with van der Waals surface area (Å²) in [5.74, 6) is 1.73. The fourth-order valence-electron chi connectivity index (χ4n) is 2.99. The van der Waals surface area contributed by atoms with Gasteiger partial charge in [-0.1, -0.05) is 24.6 Å². The van der Waals surface area contributed by atoms with Crippen molar-refractivity contribution in [3.63, 3.8) is 0 Å². The fraction of sp³-hybridized carbons (Fsp3) is 0.632. The van der Waals surface area contributed by atoms with Crippen molar-refractivity contribution >= 4 is 29.9 Å². The lowest BCUT2D eigenvalue weighted by Gasteiger charge is -2.41. The van der Waals surface area contributed by atoms with Crippen LogP contribution in [0.2, 0.25) is 0 Å². The first-order valence-corrected chi connectivity index (χ1v) is 8.99. The third-order valence-electron chi connectivity index (χ3n) is 4.53. The van der Waals surface area contributed by atoms with Gasteiger partial charge in [0.05, 0.1) is 6.54 Å². The van der Waals surface area contributed by atoms with E-state index in [1.165, 1.54) is 32.4 Å². The van der Waals surface area contributed by atoms with Crippen LogP contribution in [-0.4, -0.2) is 56.2 Å². The van der Waals surface area contributed by atoms with Gasteiger partial charge in [-0.05, 0) is 51.9 Å². The molecule has 0 atom stereocenters. The molecule has 1 aliphatic heterocycles. The van der Waals surface area contributed by atoms with E-state index in [1.54, 1.807) is 7.05 Å². The number of nitrogens with zero attached hydrogens (tertiary/aromatic N) is 2. The molecule has 142 valence electrons. The van der Waals surface area contributed by atoms with Gasteiger partial charge in [-0.15, -0.1) is 24.0 Å². The van der Waals surface area contributed by atoms with Crippen molar-refractivity contribution < 1.29 is 4.74 Å². The van der Waals surface area contributed by atoms with Crippen molar-refractivity contribution in [2.45, 2.75) is 38.6 Å². The first-order chi connectivity index (χ1) is 11.6. The predicted octanol–water partition coefficient (Wildman–Crippen LogP) is 3.11. The number of hydrogen-bond donors (Lipinski definition) is 2. The van der Waals surface area contributed by atoms with Gasteiger partial charge in [-0.2, -0.15) is 0 Å². The van der Waals surface area contributed by atoms with E-state index in [0.29, 0.717) is 6.61 Å². The van der Waals surface area contributed by atoms with Crippen LogP contribution in [0.5, 0.6) is 5.75 Å². The van der Waals surface area contributed by atoms with Gasteiger partial charge in [-0.25, -0.2) is 0 Å². The summed E-state index contributed by atoms with van der Waals surface area (Å²) in [6, 6.07) is 9.88.